The third-order valence-electron chi connectivity index (χ3n) is 3.63. The number of nitrogens with zero attached hydrogens (tertiary/aromatic N) is 1. The van der Waals surface area contributed by atoms with Gasteiger partial charge in [-0.2, -0.15) is 0 Å². The van der Waals surface area contributed by atoms with Crippen LogP contribution in [-0.2, 0) is 0 Å². The van der Waals surface area contributed by atoms with Gasteiger partial charge in [0.25, 0.3) is 0 Å². The molecule has 1 saturated heterocycles. The summed E-state index contributed by atoms with van der Waals surface area (Å²) in [6, 6.07) is 2.46. The van der Waals surface area contributed by atoms with E-state index >= 15 is 0 Å². The van der Waals surface area contributed by atoms with Crippen LogP contribution in [0.4, 0.5) is 0 Å². The molecule has 2 unspecified atom stereocenters. The molecule has 2 atom stereocenters. The molecule has 1 aromatic rings. The molecular formula is C14H23ClN2S. The van der Waals surface area contributed by atoms with E-state index in [1.54, 1.807) is 11.3 Å². The summed E-state index contributed by atoms with van der Waals surface area (Å²) >= 11 is 7.57. The van der Waals surface area contributed by atoms with Crippen molar-refractivity contribution in [1.29, 1.82) is 0 Å². The first-order chi connectivity index (χ1) is 8.65. The fraction of sp³-hybridized carbons (Fsp3) is 0.714. The predicted molar refractivity (Wildman–Crippen MR) is 80.6 cm³/mol. The summed E-state index contributed by atoms with van der Waals surface area (Å²) < 4.78 is 0.878. The van der Waals surface area contributed by atoms with Crippen molar-refractivity contribution < 1.29 is 0 Å². The second-order valence-corrected chi connectivity index (χ2v) is 6.97. The van der Waals surface area contributed by atoms with Crippen LogP contribution in [-0.4, -0.2) is 31.1 Å². The lowest BCUT2D eigenvalue weighted by atomic mass is 10.1. The first-order valence-electron chi connectivity index (χ1n) is 6.85. The lowest BCUT2D eigenvalue weighted by Crippen LogP contribution is -2.32. The van der Waals surface area contributed by atoms with Crippen molar-refractivity contribution in [3.63, 3.8) is 0 Å². The van der Waals surface area contributed by atoms with Gasteiger partial charge < -0.3 is 10.2 Å². The maximum atomic E-state index is 5.96. The van der Waals surface area contributed by atoms with Gasteiger partial charge in [-0.3, -0.25) is 0 Å². The van der Waals surface area contributed by atoms with Crippen LogP contribution in [0.1, 0.15) is 38.3 Å². The van der Waals surface area contributed by atoms with Crippen LogP contribution in [0.25, 0.3) is 0 Å². The quantitative estimate of drug-likeness (QED) is 0.856. The zero-order valence-corrected chi connectivity index (χ0v) is 12.9. The molecule has 0 radical (unpaired) electrons. The van der Waals surface area contributed by atoms with Crippen molar-refractivity contribution in [1.82, 2.24) is 10.2 Å². The maximum Gasteiger partial charge on any atom is 0.0931 e. The molecule has 1 N–H and O–H groups in total. The van der Waals surface area contributed by atoms with Crippen molar-refractivity contribution in [2.75, 3.05) is 26.2 Å². The normalized spacial score (nSPS) is 20.2. The van der Waals surface area contributed by atoms with E-state index in [1.807, 2.05) is 0 Å². The Morgan fingerprint density at radius 2 is 2.11 bits per heavy atom. The number of rotatable bonds is 6. The van der Waals surface area contributed by atoms with Gasteiger partial charge in [-0.05, 0) is 62.3 Å². The molecule has 0 aromatic carbocycles. The van der Waals surface area contributed by atoms with Gasteiger partial charge in [0.15, 0.2) is 0 Å². The van der Waals surface area contributed by atoms with E-state index in [4.69, 9.17) is 11.6 Å². The standard InChI is InChI=1S/C14H23ClN2S/c1-11(9-17-5-3-4-6-17)8-16-12(2)13-7-14(15)18-10-13/h7,10-12,16H,3-6,8-9H2,1-2H3. The van der Waals surface area contributed by atoms with Gasteiger partial charge in [-0.25, -0.2) is 0 Å². The molecule has 0 bridgehead atoms. The first-order valence-corrected chi connectivity index (χ1v) is 8.10. The van der Waals surface area contributed by atoms with E-state index in [-0.39, 0.29) is 0 Å². The van der Waals surface area contributed by atoms with Crippen LogP contribution in [0.5, 0.6) is 0 Å². The van der Waals surface area contributed by atoms with E-state index in [2.05, 4.69) is 35.5 Å². The Labute approximate surface area is 119 Å². The van der Waals surface area contributed by atoms with Gasteiger partial charge in [0.2, 0.25) is 0 Å². The van der Waals surface area contributed by atoms with Crippen LogP contribution in [0.15, 0.2) is 11.4 Å². The molecule has 0 saturated carbocycles. The third-order valence-corrected chi connectivity index (χ3v) is 4.74. The lowest BCUT2D eigenvalue weighted by molar-refractivity contribution is 0.279. The summed E-state index contributed by atoms with van der Waals surface area (Å²) in [5, 5.41) is 5.75. The Morgan fingerprint density at radius 1 is 1.39 bits per heavy atom. The number of likely N-dealkylation sites (tertiary alicyclic amines) is 1. The van der Waals surface area contributed by atoms with Crippen LogP contribution >= 0.6 is 22.9 Å². The molecular weight excluding hydrogens is 264 g/mol. The molecule has 0 spiro atoms. The molecule has 0 amide bonds. The number of hydrogen-bond acceptors (Lipinski definition) is 3. The van der Waals surface area contributed by atoms with Crippen LogP contribution < -0.4 is 5.32 Å². The van der Waals surface area contributed by atoms with Crippen molar-refractivity contribution in [2.24, 2.45) is 5.92 Å². The molecule has 4 heteroatoms. The van der Waals surface area contributed by atoms with Crippen molar-refractivity contribution in [2.45, 2.75) is 32.7 Å². The smallest absolute Gasteiger partial charge is 0.0931 e. The minimum Gasteiger partial charge on any atom is -0.310 e. The van der Waals surface area contributed by atoms with E-state index in [9.17, 15) is 0 Å². The van der Waals surface area contributed by atoms with E-state index in [1.165, 1.54) is 38.0 Å². The average molecular weight is 287 g/mol. The van der Waals surface area contributed by atoms with Crippen LogP contribution in [0.2, 0.25) is 4.34 Å². The van der Waals surface area contributed by atoms with Gasteiger partial charge in [-0.15, -0.1) is 11.3 Å². The zero-order chi connectivity index (χ0) is 13.0. The first kappa shape index (κ1) is 14.3. The number of thiophene rings is 1. The Hall–Kier alpha value is -0.0900. The highest BCUT2D eigenvalue weighted by molar-refractivity contribution is 7.14. The number of nitrogens with one attached hydrogen (secondary N) is 1. The predicted octanol–water partition coefficient (Wildman–Crippen LogP) is 3.78. The molecule has 1 aliphatic rings. The van der Waals surface area contributed by atoms with E-state index < -0.39 is 0 Å². The highest BCUT2D eigenvalue weighted by atomic mass is 35.5. The molecule has 1 aromatic heterocycles. The molecule has 2 heterocycles. The molecule has 18 heavy (non-hydrogen) atoms. The van der Waals surface area contributed by atoms with Gasteiger partial charge in [0.1, 0.15) is 0 Å². The molecule has 2 nitrogen and oxygen atoms in total. The van der Waals surface area contributed by atoms with Gasteiger partial charge in [0.05, 0.1) is 4.34 Å². The Kier molecular flexibility index (Phi) is 5.49. The summed E-state index contributed by atoms with van der Waals surface area (Å²) in [5.41, 5.74) is 1.30. The summed E-state index contributed by atoms with van der Waals surface area (Å²) in [6.45, 7) is 9.43. The summed E-state index contributed by atoms with van der Waals surface area (Å²) in [7, 11) is 0. The van der Waals surface area contributed by atoms with Crippen molar-refractivity contribution in [3.8, 4) is 0 Å². The molecule has 2 rings (SSSR count). The lowest BCUT2D eigenvalue weighted by Gasteiger charge is -2.22. The SMILES string of the molecule is CC(CNC(C)c1csc(Cl)c1)CN1CCCC1. The highest BCUT2D eigenvalue weighted by Crippen LogP contribution is 2.24. The minimum atomic E-state index is 0.398. The van der Waals surface area contributed by atoms with E-state index in [0.717, 1.165) is 10.9 Å². The number of halogens is 1. The largest absolute Gasteiger partial charge is 0.310 e. The molecule has 1 fully saturated rings. The van der Waals surface area contributed by atoms with Gasteiger partial charge in [-0.1, -0.05) is 18.5 Å². The topological polar surface area (TPSA) is 15.3 Å². The second kappa shape index (κ2) is 6.90. The summed E-state index contributed by atoms with van der Waals surface area (Å²) in [5.74, 6) is 0.708. The zero-order valence-electron chi connectivity index (χ0n) is 11.3. The van der Waals surface area contributed by atoms with Crippen LogP contribution in [0.3, 0.4) is 0 Å². The summed E-state index contributed by atoms with van der Waals surface area (Å²) in [6.07, 6.45) is 2.76. The van der Waals surface area contributed by atoms with Crippen molar-refractivity contribution >= 4 is 22.9 Å². The fourth-order valence-corrected chi connectivity index (χ4v) is 3.50. The van der Waals surface area contributed by atoms with Gasteiger partial charge in [0, 0.05) is 12.6 Å². The van der Waals surface area contributed by atoms with E-state index in [0.29, 0.717) is 12.0 Å². The molecule has 0 aliphatic carbocycles. The third kappa shape index (κ3) is 4.23. The highest BCUT2D eigenvalue weighted by Gasteiger charge is 2.15. The fourth-order valence-electron chi connectivity index (χ4n) is 2.52. The monoisotopic (exact) mass is 286 g/mol. The van der Waals surface area contributed by atoms with Crippen LogP contribution in [0, 0.1) is 5.92 Å². The Bertz CT molecular complexity index is 360. The Balaban J connectivity index is 1.70. The molecule has 102 valence electrons. The van der Waals surface area contributed by atoms with Crippen molar-refractivity contribution in [3.05, 3.63) is 21.3 Å². The average Bonchev–Trinajstić information content (AvgIpc) is 2.97. The maximum absolute atomic E-state index is 5.96. The Morgan fingerprint density at radius 3 is 2.72 bits per heavy atom. The minimum absolute atomic E-state index is 0.398. The second-order valence-electron chi connectivity index (χ2n) is 5.43. The number of hydrogen-bond donors (Lipinski definition) is 1. The molecule has 1 aliphatic heterocycles. The summed E-state index contributed by atoms with van der Waals surface area (Å²) in [4.78, 5) is 2.58. The van der Waals surface area contributed by atoms with Gasteiger partial charge >= 0.3 is 0 Å².